The van der Waals surface area contributed by atoms with Crippen molar-refractivity contribution in [3.63, 3.8) is 0 Å². The Kier molecular flexibility index (Phi) is 5.56. The molecule has 2 aromatic rings. The van der Waals surface area contributed by atoms with Crippen molar-refractivity contribution in [1.82, 2.24) is 4.90 Å². The molecule has 0 radical (unpaired) electrons. The minimum absolute atomic E-state index is 0.156. The van der Waals surface area contributed by atoms with Gasteiger partial charge >= 0.3 is 6.09 Å². The number of nitrogens with one attached hydrogen (secondary N) is 1. The number of carbonyl (C=O) groups is 2. The zero-order valence-corrected chi connectivity index (χ0v) is 15.2. The number of nitrogens with zero attached hydrogens (tertiary/aromatic N) is 1. The SMILES string of the molecule is Cc1cccc(C)c1NC(=O)C1CCCN1C(=O)OCc1ccccc1. The van der Waals surface area contributed by atoms with Crippen LogP contribution in [-0.2, 0) is 16.1 Å². The average molecular weight is 352 g/mol. The third-order valence-corrected chi connectivity index (χ3v) is 4.72. The maximum absolute atomic E-state index is 12.7. The first-order chi connectivity index (χ1) is 12.6. The highest BCUT2D eigenvalue weighted by Gasteiger charge is 2.35. The molecule has 0 aliphatic carbocycles. The molecule has 1 aliphatic heterocycles. The quantitative estimate of drug-likeness (QED) is 0.903. The van der Waals surface area contributed by atoms with E-state index in [1.54, 1.807) is 0 Å². The lowest BCUT2D eigenvalue weighted by Gasteiger charge is -2.24. The van der Waals surface area contributed by atoms with Crippen molar-refractivity contribution in [3.05, 3.63) is 65.2 Å². The minimum atomic E-state index is -0.489. The summed E-state index contributed by atoms with van der Waals surface area (Å²) < 4.78 is 5.40. The van der Waals surface area contributed by atoms with E-state index in [0.29, 0.717) is 13.0 Å². The summed E-state index contributed by atoms with van der Waals surface area (Å²) in [6.45, 7) is 4.67. The summed E-state index contributed by atoms with van der Waals surface area (Å²) in [4.78, 5) is 26.7. The lowest BCUT2D eigenvalue weighted by molar-refractivity contribution is -0.120. The van der Waals surface area contributed by atoms with Gasteiger partial charge in [0.2, 0.25) is 5.91 Å². The number of likely N-dealkylation sites (tertiary alicyclic amines) is 1. The van der Waals surface area contributed by atoms with Gasteiger partial charge in [0.25, 0.3) is 0 Å². The highest BCUT2D eigenvalue weighted by atomic mass is 16.6. The standard InChI is InChI=1S/C21H24N2O3/c1-15-8-6-9-16(2)19(15)22-20(24)18-12-7-13-23(18)21(25)26-14-17-10-4-3-5-11-17/h3-6,8-11,18H,7,12-14H2,1-2H3,(H,22,24). The van der Waals surface area contributed by atoms with Crippen LogP contribution in [0.4, 0.5) is 10.5 Å². The van der Waals surface area contributed by atoms with Crippen molar-refractivity contribution < 1.29 is 14.3 Å². The Morgan fingerprint density at radius 3 is 2.46 bits per heavy atom. The molecule has 136 valence electrons. The molecule has 26 heavy (non-hydrogen) atoms. The van der Waals surface area contributed by atoms with E-state index in [-0.39, 0.29) is 12.5 Å². The van der Waals surface area contributed by atoms with E-state index in [4.69, 9.17) is 4.74 Å². The van der Waals surface area contributed by atoms with Crippen molar-refractivity contribution in [1.29, 1.82) is 0 Å². The Bertz CT molecular complexity index is 769. The number of para-hydroxylation sites is 1. The smallest absolute Gasteiger partial charge is 0.410 e. The zero-order valence-electron chi connectivity index (χ0n) is 15.2. The number of aryl methyl sites for hydroxylation is 2. The van der Waals surface area contributed by atoms with Gasteiger partial charge < -0.3 is 10.1 Å². The van der Waals surface area contributed by atoms with Crippen molar-refractivity contribution in [3.8, 4) is 0 Å². The molecule has 1 atom stereocenters. The summed E-state index contributed by atoms with van der Waals surface area (Å²) >= 11 is 0. The number of hydrogen-bond acceptors (Lipinski definition) is 3. The van der Waals surface area contributed by atoms with Crippen LogP contribution in [0.1, 0.15) is 29.5 Å². The van der Waals surface area contributed by atoms with Crippen molar-refractivity contribution in [2.45, 2.75) is 39.3 Å². The first kappa shape index (κ1) is 18.0. The lowest BCUT2D eigenvalue weighted by atomic mass is 10.1. The fourth-order valence-corrected chi connectivity index (χ4v) is 3.28. The van der Waals surface area contributed by atoms with Gasteiger partial charge in [0.15, 0.2) is 0 Å². The second-order valence-corrected chi connectivity index (χ2v) is 6.65. The molecular formula is C21H24N2O3. The fraction of sp³-hybridized carbons (Fsp3) is 0.333. The van der Waals surface area contributed by atoms with Crippen LogP contribution in [-0.4, -0.2) is 29.5 Å². The number of ether oxygens (including phenoxy) is 1. The van der Waals surface area contributed by atoms with Crippen LogP contribution in [0.2, 0.25) is 0 Å². The summed E-state index contributed by atoms with van der Waals surface area (Å²) in [6, 6.07) is 14.9. The highest BCUT2D eigenvalue weighted by molar-refractivity contribution is 5.98. The summed E-state index contributed by atoms with van der Waals surface area (Å²) in [5, 5.41) is 2.99. The molecular weight excluding hydrogens is 328 g/mol. The monoisotopic (exact) mass is 352 g/mol. The van der Waals surface area contributed by atoms with E-state index in [9.17, 15) is 9.59 Å². The first-order valence-corrected chi connectivity index (χ1v) is 8.90. The molecule has 0 spiro atoms. The summed E-state index contributed by atoms with van der Waals surface area (Å²) in [5.41, 5.74) is 3.77. The topological polar surface area (TPSA) is 58.6 Å². The number of carbonyl (C=O) groups excluding carboxylic acids is 2. The molecule has 0 saturated carbocycles. The van der Waals surface area contributed by atoms with Crippen LogP contribution < -0.4 is 5.32 Å². The Labute approximate surface area is 154 Å². The van der Waals surface area contributed by atoms with Gasteiger partial charge in [-0.25, -0.2) is 4.79 Å². The molecule has 1 fully saturated rings. The van der Waals surface area contributed by atoms with Gasteiger partial charge in [0, 0.05) is 12.2 Å². The van der Waals surface area contributed by atoms with Crippen molar-refractivity contribution >= 4 is 17.7 Å². The van der Waals surface area contributed by atoms with E-state index in [1.165, 1.54) is 4.90 Å². The molecule has 1 heterocycles. The van der Waals surface area contributed by atoms with Gasteiger partial charge in [-0.2, -0.15) is 0 Å². The van der Waals surface area contributed by atoms with Gasteiger partial charge in [-0.05, 0) is 43.4 Å². The molecule has 0 bridgehead atoms. The first-order valence-electron chi connectivity index (χ1n) is 8.90. The average Bonchev–Trinajstić information content (AvgIpc) is 3.13. The maximum Gasteiger partial charge on any atom is 0.410 e. The van der Waals surface area contributed by atoms with Crippen LogP contribution in [0.25, 0.3) is 0 Å². The second-order valence-electron chi connectivity index (χ2n) is 6.65. The van der Waals surface area contributed by atoms with Gasteiger partial charge in [-0.1, -0.05) is 48.5 Å². The largest absolute Gasteiger partial charge is 0.445 e. The Balaban J connectivity index is 1.63. The molecule has 1 saturated heterocycles. The van der Waals surface area contributed by atoms with Gasteiger partial charge in [0.05, 0.1) is 0 Å². The van der Waals surface area contributed by atoms with Crippen LogP contribution >= 0.6 is 0 Å². The van der Waals surface area contributed by atoms with Crippen LogP contribution in [0, 0.1) is 13.8 Å². The summed E-state index contributed by atoms with van der Waals surface area (Å²) in [5.74, 6) is -0.156. The van der Waals surface area contributed by atoms with E-state index < -0.39 is 12.1 Å². The highest BCUT2D eigenvalue weighted by Crippen LogP contribution is 2.24. The summed E-state index contributed by atoms with van der Waals surface area (Å²) in [6.07, 6.45) is 1.01. The number of amides is 2. The molecule has 1 aliphatic rings. The van der Waals surface area contributed by atoms with Gasteiger partial charge in [-0.15, -0.1) is 0 Å². The van der Waals surface area contributed by atoms with E-state index in [0.717, 1.165) is 28.8 Å². The van der Waals surface area contributed by atoms with E-state index in [1.807, 2.05) is 62.4 Å². The molecule has 2 aromatic carbocycles. The minimum Gasteiger partial charge on any atom is -0.445 e. The maximum atomic E-state index is 12.7. The van der Waals surface area contributed by atoms with E-state index >= 15 is 0 Å². The fourth-order valence-electron chi connectivity index (χ4n) is 3.28. The Hall–Kier alpha value is -2.82. The molecule has 0 aromatic heterocycles. The molecule has 1 unspecified atom stereocenters. The molecule has 3 rings (SSSR count). The van der Waals surface area contributed by atoms with Crippen molar-refractivity contribution in [2.75, 3.05) is 11.9 Å². The number of anilines is 1. The molecule has 5 heteroatoms. The number of hydrogen-bond donors (Lipinski definition) is 1. The van der Waals surface area contributed by atoms with Gasteiger partial charge in [0.1, 0.15) is 12.6 Å². The van der Waals surface area contributed by atoms with Crippen LogP contribution in [0.5, 0.6) is 0 Å². The van der Waals surface area contributed by atoms with E-state index in [2.05, 4.69) is 5.32 Å². The predicted molar refractivity (Wildman–Crippen MR) is 101 cm³/mol. The van der Waals surface area contributed by atoms with Crippen molar-refractivity contribution in [2.24, 2.45) is 0 Å². The molecule has 1 N–H and O–H groups in total. The summed E-state index contributed by atoms with van der Waals surface area (Å²) in [7, 11) is 0. The van der Waals surface area contributed by atoms with Crippen LogP contribution in [0.3, 0.4) is 0 Å². The van der Waals surface area contributed by atoms with Crippen LogP contribution in [0.15, 0.2) is 48.5 Å². The normalized spacial score (nSPS) is 16.4. The zero-order chi connectivity index (χ0) is 18.5. The third kappa shape index (κ3) is 4.04. The molecule has 5 nitrogen and oxygen atoms in total. The molecule has 2 amide bonds. The second kappa shape index (κ2) is 8.04. The number of rotatable bonds is 4. The Morgan fingerprint density at radius 1 is 1.08 bits per heavy atom. The Morgan fingerprint density at radius 2 is 1.77 bits per heavy atom. The predicted octanol–water partition coefficient (Wildman–Crippen LogP) is 4.04. The number of benzene rings is 2. The third-order valence-electron chi connectivity index (χ3n) is 4.72. The lowest BCUT2D eigenvalue weighted by Crippen LogP contribution is -2.43. The van der Waals surface area contributed by atoms with Gasteiger partial charge in [-0.3, -0.25) is 9.69 Å².